The van der Waals surface area contributed by atoms with Crippen LogP contribution >= 0.6 is 0 Å². The van der Waals surface area contributed by atoms with E-state index < -0.39 is 8.56 Å². The van der Waals surface area contributed by atoms with Crippen LogP contribution in [0.3, 0.4) is 0 Å². The van der Waals surface area contributed by atoms with Crippen molar-refractivity contribution in [1.82, 2.24) is 0 Å². The molecule has 2 heterocycles. The third-order valence-electron chi connectivity index (χ3n) is 6.14. The number of rotatable bonds is 12. The fourth-order valence-corrected chi connectivity index (χ4v) is 7.66. The Morgan fingerprint density at radius 2 is 0.865 bits per heavy atom. The van der Waals surface area contributed by atoms with Crippen LogP contribution < -0.4 is 0 Å². The molecule has 0 aliphatic carbocycles. The molecule has 0 spiro atoms. The zero-order valence-electron chi connectivity index (χ0n) is 23.3. The summed E-state index contributed by atoms with van der Waals surface area (Å²) in [7, 11) is -2.53. The summed E-state index contributed by atoms with van der Waals surface area (Å²) < 4.78 is 59.4. The van der Waals surface area contributed by atoms with Crippen molar-refractivity contribution in [2.24, 2.45) is 0 Å². The first kappa shape index (κ1) is 33.0. The number of unbranched alkanes of at least 4 members (excludes halogenated alkanes) is 2. The molecule has 37 heavy (non-hydrogen) atoms. The van der Waals surface area contributed by atoms with Crippen molar-refractivity contribution in [3.05, 3.63) is 0 Å². The second-order valence-corrected chi connectivity index (χ2v) is 12.7. The van der Waals surface area contributed by atoms with Gasteiger partial charge in [-0.25, -0.2) is 0 Å². The molecule has 2 atom stereocenters. The van der Waals surface area contributed by atoms with Gasteiger partial charge in [0.1, 0.15) is 12.2 Å². The molecule has 0 saturated carbocycles. The van der Waals surface area contributed by atoms with Gasteiger partial charge in [-0.15, -0.1) is 0 Å². The van der Waals surface area contributed by atoms with E-state index in [1.54, 1.807) is 0 Å². The summed E-state index contributed by atoms with van der Waals surface area (Å²) in [6, 6.07) is 1.89. The molecule has 0 aromatic heterocycles. The topological polar surface area (TPSA) is 92.3 Å². The first-order valence-corrected chi connectivity index (χ1v) is 16.5. The minimum Gasteiger partial charge on any atom is -0.391 e. The van der Waals surface area contributed by atoms with Gasteiger partial charge in [0, 0.05) is 0 Å². The maximum absolute atomic E-state index is 6.72. The van der Waals surface area contributed by atoms with Crippen LogP contribution in [-0.2, 0) is 46.7 Å². The number of ether oxygens (including phenoxy) is 8. The summed E-state index contributed by atoms with van der Waals surface area (Å²) >= 11 is 0. The molecule has 220 valence electrons. The zero-order chi connectivity index (χ0) is 26.3. The quantitative estimate of drug-likeness (QED) is 0.337. The van der Waals surface area contributed by atoms with Crippen LogP contribution in [0.15, 0.2) is 0 Å². The number of hydrogen-bond donors (Lipinski definition) is 0. The minimum atomic E-state index is -2.53. The van der Waals surface area contributed by atoms with Gasteiger partial charge < -0.3 is 46.7 Å². The Bertz CT molecular complexity index is 448. The molecule has 2 fully saturated rings. The second-order valence-electron chi connectivity index (χ2n) is 9.32. The molecule has 0 radical (unpaired) electrons. The molecule has 0 aromatic carbocycles. The fraction of sp³-hybridized carbons (Fsp3) is 1.00. The Labute approximate surface area is 225 Å². The van der Waals surface area contributed by atoms with Gasteiger partial charge in [0.15, 0.2) is 0 Å². The van der Waals surface area contributed by atoms with Crippen molar-refractivity contribution < 1.29 is 46.7 Å². The molecular weight excluding hydrogens is 500 g/mol. The Kier molecular flexibility index (Phi) is 20.2. The van der Waals surface area contributed by atoms with Gasteiger partial charge >= 0.3 is 8.56 Å². The van der Waals surface area contributed by atoms with Gasteiger partial charge in [-0.3, -0.25) is 0 Å². The van der Waals surface area contributed by atoms with Crippen LogP contribution in [0.25, 0.3) is 0 Å². The smallest absolute Gasteiger partial charge is 0.338 e. The molecule has 2 saturated heterocycles. The molecule has 0 bridgehead atoms. The van der Waals surface area contributed by atoms with Crippen LogP contribution in [0.4, 0.5) is 0 Å². The summed E-state index contributed by atoms with van der Waals surface area (Å²) in [5.74, 6) is 0. The van der Waals surface area contributed by atoms with Crippen molar-refractivity contribution in [3.63, 3.8) is 0 Å². The fourth-order valence-electron chi connectivity index (χ4n) is 3.98. The van der Waals surface area contributed by atoms with E-state index in [0.29, 0.717) is 106 Å². The van der Waals surface area contributed by atoms with Crippen molar-refractivity contribution in [2.75, 3.05) is 106 Å². The predicted molar refractivity (Wildman–Crippen MR) is 141 cm³/mol. The summed E-state index contributed by atoms with van der Waals surface area (Å²) in [5, 5.41) is 0. The van der Waals surface area contributed by atoms with E-state index >= 15 is 0 Å². The lowest BCUT2D eigenvalue weighted by Crippen LogP contribution is -2.47. The average Bonchev–Trinajstić information content (AvgIpc) is 2.90. The van der Waals surface area contributed by atoms with E-state index in [4.69, 9.17) is 46.7 Å². The Balaban J connectivity index is 1.98. The molecule has 0 amide bonds. The standard InChI is InChI=1S/C26H52O10Si/c1-3-5-19-37(20-6-4-2,35-23-25-21-31-13-11-27-7-9-29-15-17-33-25)36-24-26-22-32-14-12-28-8-10-30-16-18-34-26/h25-26H,3-24H2,1-2H3. The van der Waals surface area contributed by atoms with Crippen molar-refractivity contribution in [1.29, 1.82) is 0 Å². The molecule has 11 heteroatoms. The highest BCUT2D eigenvalue weighted by atomic mass is 28.4. The maximum Gasteiger partial charge on any atom is 0.338 e. The van der Waals surface area contributed by atoms with Crippen LogP contribution in [-0.4, -0.2) is 126 Å². The van der Waals surface area contributed by atoms with Crippen LogP contribution in [0.5, 0.6) is 0 Å². The normalized spacial score (nSPS) is 24.8. The monoisotopic (exact) mass is 552 g/mol. The van der Waals surface area contributed by atoms with Gasteiger partial charge in [0.25, 0.3) is 0 Å². The summed E-state index contributed by atoms with van der Waals surface area (Å²) in [6.07, 6.45) is 3.95. The Hall–Kier alpha value is -0.183. The third-order valence-corrected chi connectivity index (χ3v) is 9.76. The molecule has 0 N–H and O–H groups in total. The summed E-state index contributed by atoms with van der Waals surface area (Å²) in [4.78, 5) is 0. The number of hydrogen-bond acceptors (Lipinski definition) is 10. The second kappa shape index (κ2) is 22.6. The van der Waals surface area contributed by atoms with Gasteiger partial charge in [-0.1, -0.05) is 39.5 Å². The zero-order valence-corrected chi connectivity index (χ0v) is 24.3. The van der Waals surface area contributed by atoms with Crippen LogP contribution in [0.1, 0.15) is 39.5 Å². The van der Waals surface area contributed by atoms with Gasteiger partial charge in [0.05, 0.1) is 106 Å². The molecule has 2 rings (SSSR count). The summed E-state index contributed by atoms with van der Waals surface area (Å²) in [6.45, 7) is 12.7. The van der Waals surface area contributed by atoms with Crippen LogP contribution in [0.2, 0.25) is 12.1 Å². The average molecular weight is 553 g/mol. The van der Waals surface area contributed by atoms with E-state index in [-0.39, 0.29) is 12.2 Å². The lowest BCUT2D eigenvalue weighted by molar-refractivity contribution is -0.0887. The molecular formula is C26H52O10Si. The lowest BCUT2D eigenvalue weighted by Gasteiger charge is -2.34. The maximum atomic E-state index is 6.72. The molecule has 10 nitrogen and oxygen atoms in total. The first-order chi connectivity index (χ1) is 18.3. The minimum absolute atomic E-state index is 0.181. The molecule has 2 aliphatic rings. The SMILES string of the molecule is CCCC[Si](CCCC)(OCC1COCCOCCOCCO1)OCC1COCCOCCOCCO1. The van der Waals surface area contributed by atoms with Crippen molar-refractivity contribution in [2.45, 2.75) is 63.8 Å². The van der Waals surface area contributed by atoms with Gasteiger partial charge in [0.2, 0.25) is 0 Å². The van der Waals surface area contributed by atoms with E-state index in [1.807, 2.05) is 0 Å². The lowest BCUT2D eigenvalue weighted by atomic mass is 10.4. The highest BCUT2D eigenvalue weighted by Crippen LogP contribution is 2.26. The van der Waals surface area contributed by atoms with Crippen LogP contribution in [0, 0.1) is 0 Å². The van der Waals surface area contributed by atoms with E-state index in [9.17, 15) is 0 Å². The first-order valence-electron chi connectivity index (χ1n) is 14.3. The summed E-state index contributed by atoms with van der Waals surface area (Å²) in [5.41, 5.74) is 0. The van der Waals surface area contributed by atoms with Gasteiger partial charge in [-0.05, 0) is 12.1 Å². The van der Waals surface area contributed by atoms with Crippen molar-refractivity contribution >= 4 is 8.56 Å². The van der Waals surface area contributed by atoms with E-state index in [2.05, 4.69) is 13.8 Å². The Morgan fingerprint density at radius 3 is 1.24 bits per heavy atom. The Morgan fingerprint density at radius 1 is 0.514 bits per heavy atom. The third kappa shape index (κ3) is 16.5. The van der Waals surface area contributed by atoms with E-state index in [1.165, 1.54) is 0 Å². The molecule has 2 unspecified atom stereocenters. The van der Waals surface area contributed by atoms with Gasteiger partial charge in [-0.2, -0.15) is 0 Å². The largest absolute Gasteiger partial charge is 0.391 e. The van der Waals surface area contributed by atoms with E-state index in [0.717, 1.165) is 37.8 Å². The predicted octanol–water partition coefficient (Wildman–Crippen LogP) is 2.96. The molecule has 0 aromatic rings. The molecule has 2 aliphatic heterocycles. The van der Waals surface area contributed by atoms with Crippen molar-refractivity contribution in [3.8, 4) is 0 Å². The highest BCUT2D eigenvalue weighted by Gasteiger charge is 2.38. The highest BCUT2D eigenvalue weighted by molar-refractivity contribution is 6.67.